The molecule has 1 saturated carbocycles. The van der Waals surface area contributed by atoms with E-state index >= 15 is 0 Å². The molecular weight excluding hydrogens is 274 g/mol. The van der Waals surface area contributed by atoms with E-state index in [1.807, 2.05) is 0 Å². The second-order valence-corrected chi connectivity index (χ2v) is 8.09. The minimum Gasteiger partial charge on any atom is -0.312 e. The highest BCUT2D eigenvalue weighted by atomic mass is 32.2. The van der Waals surface area contributed by atoms with Crippen molar-refractivity contribution in [3.8, 4) is 0 Å². The highest BCUT2D eigenvalue weighted by molar-refractivity contribution is 8.00. The van der Waals surface area contributed by atoms with Crippen molar-refractivity contribution in [1.82, 2.24) is 5.32 Å². The number of thioether (sulfide) groups is 1. The lowest BCUT2D eigenvalue weighted by molar-refractivity contribution is 0.361. The quantitative estimate of drug-likeness (QED) is 0.714. The molecule has 1 aromatic carbocycles. The SMILES string of the molecule is CCC1CCCCC1Sc1ccc(CNCC(C)C)cc1. The Bertz CT molecular complexity index is 399. The average molecular weight is 306 g/mol. The lowest BCUT2D eigenvalue weighted by Gasteiger charge is -2.30. The van der Waals surface area contributed by atoms with Gasteiger partial charge in [-0.15, -0.1) is 11.8 Å². The van der Waals surface area contributed by atoms with Gasteiger partial charge >= 0.3 is 0 Å². The molecule has 0 bridgehead atoms. The monoisotopic (exact) mass is 305 g/mol. The molecule has 0 aliphatic heterocycles. The van der Waals surface area contributed by atoms with Crippen molar-refractivity contribution in [3.63, 3.8) is 0 Å². The molecule has 1 aliphatic carbocycles. The number of hydrogen-bond donors (Lipinski definition) is 1. The maximum Gasteiger partial charge on any atom is 0.0205 e. The minimum atomic E-state index is 0.720. The molecular formula is C19H31NS. The van der Waals surface area contributed by atoms with Crippen LogP contribution >= 0.6 is 11.8 Å². The van der Waals surface area contributed by atoms with E-state index in [-0.39, 0.29) is 0 Å². The zero-order chi connectivity index (χ0) is 15.1. The third-order valence-electron chi connectivity index (χ3n) is 4.46. The van der Waals surface area contributed by atoms with Gasteiger partial charge in [0, 0.05) is 16.7 Å². The first-order valence-corrected chi connectivity index (χ1v) is 9.53. The number of benzene rings is 1. The Kier molecular flexibility index (Phi) is 7.12. The Morgan fingerprint density at radius 3 is 2.52 bits per heavy atom. The van der Waals surface area contributed by atoms with E-state index in [1.54, 1.807) is 0 Å². The van der Waals surface area contributed by atoms with Crippen LogP contribution in [-0.2, 0) is 6.54 Å². The molecule has 0 amide bonds. The fraction of sp³-hybridized carbons (Fsp3) is 0.684. The van der Waals surface area contributed by atoms with Crippen LogP contribution in [0.4, 0.5) is 0 Å². The summed E-state index contributed by atoms with van der Waals surface area (Å²) in [6.07, 6.45) is 7.04. The Balaban J connectivity index is 1.83. The highest BCUT2D eigenvalue weighted by Gasteiger charge is 2.24. The van der Waals surface area contributed by atoms with Gasteiger partial charge in [-0.2, -0.15) is 0 Å². The molecule has 2 atom stereocenters. The van der Waals surface area contributed by atoms with Crippen LogP contribution in [0.2, 0.25) is 0 Å². The van der Waals surface area contributed by atoms with Crippen molar-refractivity contribution in [1.29, 1.82) is 0 Å². The van der Waals surface area contributed by atoms with Crippen LogP contribution in [0.5, 0.6) is 0 Å². The van der Waals surface area contributed by atoms with Crippen molar-refractivity contribution in [2.75, 3.05) is 6.54 Å². The predicted molar refractivity (Wildman–Crippen MR) is 94.9 cm³/mol. The Morgan fingerprint density at radius 1 is 1.14 bits per heavy atom. The number of hydrogen-bond acceptors (Lipinski definition) is 2. The molecule has 1 aliphatic rings. The topological polar surface area (TPSA) is 12.0 Å². The van der Waals surface area contributed by atoms with Crippen molar-refractivity contribution in [2.45, 2.75) is 69.6 Å². The normalized spacial score (nSPS) is 22.7. The zero-order valence-corrected chi connectivity index (χ0v) is 14.7. The van der Waals surface area contributed by atoms with Gasteiger partial charge in [-0.25, -0.2) is 0 Å². The van der Waals surface area contributed by atoms with Crippen LogP contribution in [0.3, 0.4) is 0 Å². The molecule has 2 rings (SSSR count). The maximum absolute atomic E-state index is 3.51. The number of rotatable bonds is 7. The molecule has 0 spiro atoms. The van der Waals surface area contributed by atoms with Crippen LogP contribution in [0.15, 0.2) is 29.2 Å². The lowest BCUT2D eigenvalue weighted by Crippen LogP contribution is -2.21. The standard InChI is InChI=1S/C19H31NS/c1-4-17-7-5-6-8-19(17)21-18-11-9-16(10-12-18)14-20-13-15(2)3/h9-12,15,17,19-20H,4-8,13-14H2,1-3H3. The van der Waals surface area contributed by atoms with Gasteiger partial charge in [-0.3, -0.25) is 0 Å². The van der Waals surface area contributed by atoms with Crippen molar-refractivity contribution >= 4 is 11.8 Å². The summed E-state index contributed by atoms with van der Waals surface area (Å²) in [4.78, 5) is 1.45. The third kappa shape index (κ3) is 5.67. The molecule has 21 heavy (non-hydrogen) atoms. The summed E-state index contributed by atoms with van der Waals surface area (Å²) in [7, 11) is 0. The van der Waals surface area contributed by atoms with Gasteiger partial charge in [-0.1, -0.05) is 52.2 Å². The van der Waals surface area contributed by atoms with Gasteiger partial charge in [-0.05, 0) is 48.9 Å². The molecule has 0 radical (unpaired) electrons. The maximum atomic E-state index is 3.51. The van der Waals surface area contributed by atoms with Crippen molar-refractivity contribution in [3.05, 3.63) is 29.8 Å². The molecule has 0 aromatic heterocycles. The molecule has 1 fully saturated rings. The van der Waals surface area contributed by atoms with E-state index in [4.69, 9.17) is 0 Å². The fourth-order valence-corrected chi connectivity index (χ4v) is 4.61. The first kappa shape index (κ1) is 16.9. The third-order valence-corrected chi connectivity index (χ3v) is 5.92. The largest absolute Gasteiger partial charge is 0.312 e. The summed E-state index contributed by atoms with van der Waals surface area (Å²) < 4.78 is 0. The predicted octanol–water partition coefficient (Wildman–Crippen LogP) is 5.49. The van der Waals surface area contributed by atoms with Gasteiger partial charge in [0.05, 0.1) is 0 Å². The summed E-state index contributed by atoms with van der Waals surface area (Å²) in [5.74, 6) is 1.65. The lowest BCUT2D eigenvalue weighted by atomic mass is 9.87. The second-order valence-electron chi connectivity index (χ2n) is 6.78. The van der Waals surface area contributed by atoms with Gasteiger partial charge in [0.2, 0.25) is 0 Å². The minimum absolute atomic E-state index is 0.720. The average Bonchev–Trinajstić information content (AvgIpc) is 2.49. The molecule has 2 heteroatoms. The summed E-state index contributed by atoms with van der Waals surface area (Å²) in [5, 5.41) is 4.35. The first-order valence-electron chi connectivity index (χ1n) is 8.65. The molecule has 1 N–H and O–H groups in total. The Hall–Kier alpha value is -0.470. The zero-order valence-electron chi connectivity index (χ0n) is 13.9. The van der Waals surface area contributed by atoms with Crippen molar-refractivity contribution in [2.24, 2.45) is 11.8 Å². The highest BCUT2D eigenvalue weighted by Crippen LogP contribution is 2.38. The summed E-state index contributed by atoms with van der Waals surface area (Å²) in [5.41, 5.74) is 1.40. The van der Waals surface area contributed by atoms with Gasteiger partial charge in [0.15, 0.2) is 0 Å². The molecule has 118 valence electrons. The van der Waals surface area contributed by atoms with Gasteiger partial charge in [0.25, 0.3) is 0 Å². The van der Waals surface area contributed by atoms with E-state index in [9.17, 15) is 0 Å². The molecule has 0 heterocycles. The molecule has 0 saturated heterocycles. The van der Waals surface area contributed by atoms with Gasteiger partial charge < -0.3 is 5.32 Å². The van der Waals surface area contributed by atoms with Crippen LogP contribution in [0, 0.1) is 11.8 Å². The van der Waals surface area contributed by atoms with Crippen LogP contribution in [-0.4, -0.2) is 11.8 Å². The van der Waals surface area contributed by atoms with Crippen molar-refractivity contribution < 1.29 is 0 Å². The van der Waals surface area contributed by atoms with E-state index < -0.39 is 0 Å². The molecule has 1 aromatic rings. The molecule has 1 nitrogen and oxygen atoms in total. The summed E-state index contributed by atoms with van der Waals surface area (Å²) in [6.45, 7) is 8.94. The first-order chi connectivity index (χ1) is 10.2. The summed E-state index contributed by atoms with van der Waals surface area (Å²) in [6, 6.07) is 9.22. The Labute approximate surface area is 135 Å². The summed E-state index contributed by atoms with van der Waals surface area (Å²) >= 11 is 2.11. The second kappa shape index (κ2) is 8.85. The van der Waals surface area contributed by atoms with Gasteiger partial charge in [0.1, 0.15) is 0 Å². The number of nitrogens with one attached hydrogen (secondary N) is 1. The van der Waals surface area contributed by atoms with E-state index in [1.165, 1.54) is 42.6 Å². The smallest absolute Gasteiger partial charge is 0.0205 e. The Morgan fingerprint density at radius 2 is 1.86 bits per heavy atom. The van der Waals surface area contributed by atoms with Crippen LogP contribution in [0.25, 0.3) is 0 Å². The van der Waals surface area contributed by atoms with E-state index in [2.05, 4.69) is 62.1 Å². The molecule has 2 unspecified atom stereocenters. The van der Waals surface area contributed by atoms with Crippen LogP contribution < -0.4 is 5.32 Å². The fourth-order valence-electron chi connectivity index (χ4n) is 3.16. The van der Waals surface area contributed by atoms with Crippen LogP contribution in [0.1, 0.15) is 58.4 Å². The van der Waals surface area contributed by atoms with E-state index in [0.717, 1.165) is 30.2 Å². The van der Waals surface area contributed by atoms with E-state index in [0.29, 0.717) is 0 Å².